The Bertz CT molecular complexity index is 474. The third kappa shape index (κ3) is 1.44. The van der Waals surface area contributed by atoms with Crippen molar-refractivity contribution >= 4 is 5.82 Å². The summed E-state index contributed by atoms with van der Waals surface area (Å²) >= 11 is 0. The summed E-state index contributed by atoms with van der Waals surface area (Å²) in [5.41, 5.74) is 6.23. The summed E-state index contributed by atoms with van der Waals surface area (Å²) in [6.45, 7) is 7.10. The van der Waals surface area contributed by atoms with Crippen molar-refractivity contribution in [2.45, 2.75) is 46.1 Å². The van der Waals surface area contributed by atoms with Crippen molar-refractivity contribution in [1.82, 2.24) is 9.97 Å². The van der Waals surface area contributed by atoms with E-state index in [2.05, 4.69) is 30.7 Å². The second-order valence-electron chi connectivity index (χ2n) is 6.50. The summed E-state index contributed by atoms with van der Waals surface area (Å²) in [5.74, 6) is 1.74. The Labute approximate surface area is 108 Å². The van der Waals surface area contributed by atoms with Gasteiger partial charge in [0.15, 0.2) is 0 Å². The van der Waals surface area contributed by atoms with Crippen LogP contribution in [0.25, 0.3) is 0 Å². The maximum atomic E-state index is 6.08. The molecule has 2 fully saturated rings. The van der Waals surface area contributed by atoms with E-state index in [-0.39, 0.29) is 11.5 Å². The van der Waals surface area contributed by atoms with E-state index in [1.54, 1.807) is 12.4 Å². The molecule has 3 unspecified atom stereocenters. The largest absolute Gasteiger partial charge is 0.473 e. The zero-order valence-electron chi connectivity index (χ0n) is 11.3. The summed E-state index contributed by atoms with van der Waals surface area (Å²) in [6, 6.07) is 0. The molecule has 2 aliphatic carbocycles. The van der Waals surface area contributed by atoms with E-state index >= 15 is 0 Å². The summed E-state index contributed by atoms with van der Waals surface area (Å²) in [5, 5.41) is 0. The Morgan fingerprint density at radius 3 is 2.67 bits per heavy atom. The number of aromatic nitrogens is 2. The number of hydrogen-bond acceptors (Lipinski definition) is 4. The number of ether oxygens (including phenoxy) is 1. The highest BCUT2D eigenvalue weighted by Crippen LogP contribution is 2.66. The lowest BCUT2D eigenvalue weighted by molar-refractivity contribution is 0.0271. The molecule has 0 amide bonds. The Kier molecular flexibility index (Phi) is 2.34. The monoisotopic (exact) mass is 247 g/mol. The van der Waals surface area contributed by atoms with Crippen molar-refractivity contribution in [3.63, 3.8) is 0 Å². The molecule has 4 nitrogen and oxygen atoms in total. The van der Waals surface area contributed by atoms with Crippen molar-refractivity contribution in [3.8, 4) is 5.88 Å². The topological polar surface area (TPSA) is 61.0 Å². The Hall–Kier alpha value is -1.32. The SMILES string of the molecule is CC1(C)C2CCC1(C)C(Oc1cncc(N)n1)C2. The highest BCUT2D eigenvalue weighted by atomic mass is 16.5. The lowest BCUT2D eigenvalue weighted by atomic mass is 9.70. The van der Waals surface area contributed by atoms with Gasteiger partial charge >= 0.3 is 0 Å². The minimum atomic E-state index is 0.238. The van der Waals surface area contributed by atoms with Gasteiger partial charge in [0.25, 0.3) is 0 Å². The highest BCUT2D eigenvalue weighted by Gasteiger charge is 2.62. The first-order valence-corrected chi connectivity index (χ1v) is 6.68. The molecular formula is C14H21N3O. The molecule has 98 valence electrons. The molecule has 2 saturated carbocycles. The van der Waals surface area contributed by atoms with Crippen molar-refractivity contribution in [2.24, 2.45) is 16.7 Å². The van der Waals surface area contributed by atoms with Crippen LogP contribution in [0.2, 0.25) is 0 Å². The van der Waals surface area contributed by atoms with Crippen LogP contribution in [0.4, 0.5) is 5.82 Å². The molecule has 1 aromatic rings. The van der Waals surface area contributed by atoms with Gasteiger partial charge in [0.05, 0.1) is 12.4 Å². The van der Waals surface area contributed by atoms with Crippen molar-refractivity contribution in [2.75, 3.05) is 5.73 Å². The van der Waals surface area contributed by atoms with Gasteiger partial charge in [-0.05, 0) is 30.6 Å². The van der Waals surface area contributed by atoms with Crippen LogP contribution in [0.1, 0.15) is 40.0 Å². The molecule has 0 saturated heterocycles. The number of fused-ring (bicyclic) bond motifs is 2. The normalized spacial score (nSPS) is 36.8. The zero-order valence-corrected chi connectivity index (χ0v) is 11.3. The molecule has 4 heteroatoms. The smallest absolute Gasteiger partial charge is 0.234 e. The fourth-order valence-corrected chi connectivity index (χ4v) is 3.87. The first-order valence-electron chi connectivity index (χ1n) is 6.68. The van der Waals surface area contributed by atoms with Crippen LogP contribution in [0.5, 0.6) is 5.88 Å². The molecule has 3 atom stereocenters. The Morgan fingerprint density at radius 2 is 2.11 bits per heavy atom. The van der Waals surface area contributed by atoms with Gasteiger partial charge in [-0.1, -0.05) is 20.8 Å². The third-order valence-electron chi connectivity index (χ3n) is 5.61. The van der Waals surface area contributed by atoms with Crippen LogP contribution in [-0.4, -0.2) is 16.1 Å². The highest BCUT2D eigenvalue weighted by molar-refractivity contribution is 5.26. The summed E-state index contributed by atoms with van der Waals surface area (Å²) in [7, 11) is 0. The van der Waals surface area contributed by atoms with Crippen molar-refractivity contribution in [1.29, 1.82) is 0 Å². The maximum Gasteiger partial charge on any atom is 0.234 e. The number of anilines is 1. The van der Waals surface area contributed by atoms with E-state index in [0.29, 0.717) is 17.1 Å². The van der Waals surface area contributed by atoms with E-state index in [1.807, 2.05) is 0 Å². The molecule has 0 radical (unpaired) electrons. The summed E-state index contributed by atoms with van der Waals surface area (Å²) in [4.78, 5) is 8.23. The van der Waals surface area contributed by atoms with Gasteiger partial charge in [-0.2, -0.15) is 4.98 Å². The predicted octanol–water partition coefficient (Wildman–Crippen LogP) is 2.65. The minimum Gasteiger partial charge on any atom is -0.473 e. The first-order chi connectivity index (χ1) is 8.43. The van der Waals surface area contributed by atoms with E-state index in [4.69, 9.17) is 10.5 Å². The van der Waals surface area contributed by atoms with Gasteiger partial charge in [0.2, 0.25) is 5.88 Å². The quantitative estimate of drug-likeness (QED) is 0.872. The fourth-order valence-electron chi connectivity index (χ4n) is 3.87. The third-order valence-corrected chi connectivity index (χ3v) is 5.61. The lowest BCUT2D eigenvalue weighted by Crippen LogP contribution is -2.39. The predicted molar refractivity (Wildman–Crippen MR) is 70.1 cm³/mol. The molecule has 1 aromatic heterocycles. The molecule has 2 aliphatic rings. The van der Waals surface area contributed by atoms with Gasteiger partial charge in [-0.15, -0.1) is 0 Å². The molecular weight excluding hydrogens is 226 g/mol. The van der Waals surface area contributed by atoms with E-state index < -0.39 is 0 Å². The maximum absolute atomic E-state index is 6.08. The lowest BCUT2D eigenvalue weighted by Gasteiger charge is -2.38. The van der Waals surface area contributed by atoms with Gasteiger partial charge in [-0.3, -0.25) is 4.98 Å². The average Bonchev–Trinajstić information content (AvgIpc) is 2.62. The molecule has 2 N–H and O–H groups in total. The van der Waals surface area contributed by atoms with E-state index in [0.717, 1.165) is 12.3 Å². The molecule has 0 aromatic carbocycles. The zero-order chi connectivity index (χ0) is 13.0. The van der Waals surface area contributed by atoms with Crippen molar-refractivity contribution in [3.05, 3.63) is 12.4 Å². The number of nitrogens with zero attached hydrogens (tertiary/aromatic N) is 2. The van der Waals surface area contributed by atoms with Crippen LogP contribution in [0.3, 0.4) is 0 Å². The minimum absolute atomic E-state index is 0.238. The number of rotatable bonds is 2. The molecule has 0 spiro atoms. The van der Waals surface area contributed by atoms with Crippen molar-refractivity contribution < 1.29 is 4.74 Å². The molecule has 0 aliphatic heterocycles. The second kappa shape index (κ2) is 3.59. The van der Waals surface area contributed by atoms with Gasteiger partial charge in [0.1, 0.15) is 11.9 Å². The fraction of sp³-hybridized carbons (Fsp3) is 0.714. The van der Waals surface area contributed by atoms with Crippen LogP contribution >= 0.6 is 0 Å². The second-order valence-corrected chi connectivity index (χ2v) is 6.50. The summed E-state index contributed by atoms with van der Waals surface area (Å²) < 4.78 is 6.08. The molecule has 3 rings (SSSR count). The van der Waals surface area contributed by atoms with Crippen LogP contribution in [-0.2, 0) is 0 Å². The molecule has 18 heavy (non-hydrogen) atoms. The van der Waals surface area contributed by atoms with Gasteiger partial charge < -0.3 is 10.5 Å². The van der Waals surface area contributed by atoms with Crippen LogP contribution in [0, 0.1) is 16.7 Å². The van der Waals surface area contributed by atoms with E-state index in [9.17, 15) is 0 Å². The van der Waals surface area contributed by atoms with Crippen LogP contribution < -0.4 is 10.5 Å². The standard InChI is InChI=1S/C14H21N3O/c1-13(2)9-4-5-14(13,3)10(6-9)18-12-8-16-7-11(15)17-12/h7-10H,4-6H2,1-3H3,(H2,15,17). The number of nitrogens with two attached hydrogens (primary N) is 1. The molecule has 1 heterocycles. The van der Waals surface area contributed by atoms with Crippen LogP contribution in [0.15, 0.2) is 12.4 Å². The van der Waals surface area contributed by atoms with Gasteiger partial charge in [0, 0.05) is 5.41 Å². The summed E-state index contributed by atoms with van der Waals surface area (Å²) in [6.07, 6.45) is 7.12. The number of hydrogen-bond donors (Lipinski definition) is 1. The first kappa shape index (κ1) is 11.8. The molecule has 2 bridgehead atoms. The number of nitrogen functional groups attached to an aromatic ring is 1. The van der Waals surface area contributed by atoms with E-state index in [1.165, 1.54) is 12.8 Å². The average molecular weight is 247 g/mol. The van der Waals surface area contributed by atoms with Gasteiger partial charge in [-0.25, -0.2) is 0 Å². The Balaban J connectivity index is 1.84. The Morgan fingerprint density at radius 1 is 1.33 bits per heavy atom.